The van der Waals surface area contributed by atoms with Crippen LogP contribution in [-0.2, 0) is 19.1 Å². The number of fused-ring (bicyclic) bond motifs is 1. The average Bonchev–Trinajstić information content (AvgIpc) is 3.41. The molecule has 0 spiro atoms. The molecule has 1 unspecified atom stereocenters. The van der Waals surface area contributed by atoms with Crippen LogP contribution in [0.3, 0.4) is 0 Å². The molecule has 0 bridgehead atoms. The number of aliphatic hydroxyl groups is 2. The lowest BCUT2D eigenvalue weighted by Gasteiger charge is -2.29. The van der Waals surface area contributed by atoms with E-state index in [0.717, 1.165) is 25.9 Å². The number of esters is 1. The van der Waals surface area contributed by atoms with E-state index in [2.05, 4.69) is 37.0 Å². The Hall–Kier alpha value is -3.31. The van der Waals surface area contributed by atoms with Gasteiger partial charge in [0.05, 0.1) is 25.4 Å². The fourth-order valence-corrected chi connectivity index (χ4v) is 4.38. The van der Waals surface area contributed by atoms with E-state index < -0.39 is 30.4 Å². The van der Waals surface area contributed by atoms with Crippen LogP contribution < -0.4 is 11.1 Å². The van der Waals surface area contributed by atoms with Crippen molar-refractivity contribution in [2.24, 2.45) is 5.92 Å². The van der Waals surface area contributed by atoms with Crippen LogP contribution in [-0.4, -0.2) is 97.6 Å². The van der Waals surface area contributed by atoms with Gasteiger partial charge >= 0.3 is 5.97 Å². The number of anilines is 1. The number of likely N-dealkylation sites (tertiary alicyclic amines) is 1. The molecular weight excluding hydrogens is 470 g/mol. The molecule has 0 radical (unpaired) electrons. The minimum absolute atomic E-state index is 0.0701. The first-order valence-corrected chi connectivity index (χ1v) is 12.0. The fraction of sp³-hybridized carbons (Fsp3) is 0.609. The molecule has 2 aromatic heterocycles. The number of amides is 1. The number of imidazole rings is 1. The van der Waals surface area contributed by atoms with Gasteiger partial charge in [-0.3, -0.25) is 19.1 Å². The van der Waals surface area contributed by atoms with Crippen LogP contribution in [0, 0.1) is 17.8 Å². The van der Waals surface area contributed by atoms with Crippen LogP contribution in [0.15, 0.2) is 6.33 Å². The quantitative estimate of drug-likeness (QED) is 0.276. The first kappa shape index (κ1) is 25.8. The van der Waals surface area contributed by atoms with Gasteiger partial charge in [0.25, 0.3) is 5.91 Å². The summed E-state index contributed by atoms with van der Waals surface area (Å²) in [4.78, 5) is 39.1. The zero-order valence-corrected chi connectivity index (χ0v) is 20.3. The van der Waals surface area contributed by atoms with Crippen molar-refractivity contribution in [1.29, 1.82) is 0 Å². The van der Waals surface area contributed by atoms with Crippen molar-refractivity contribution in [2.75, 3.05) is 38.5 Å². The zero-order chi connectivity index (χ0) is 25.8. The van der Waals surface area contributed by atoms with Gasteiger partial charge in [0.1, 0.15) is 17.7 Å². The van der Waals surface area contributed by atoms with Crippen molar-refractivity contribution in [1.82, 2.24) is 29.7 Å². The highest BCUT2D eigenvalue weighted by Crippen LogP contribution is 2.32. The molecule has 194 valence electrons. The molecule has 13 nitrogen and oxygen atoms in total. The van der Waals surface area contributed by atoms with Crippen molar-refractivity contribution >= 4 is 28.9 Å². The van der Waals surface area contributed by atoms with Gasteiger partial charge in [0.2, 0.25) is 5.82 Å². The molecule has 5 N–H and O–H groups in total. The number of hydrogen-bond donors (Lipinski definition) is 4. The van der Waals surface area contributed by atoms with Gasteiger partial charge in [-0.05, 0) is 45.7 Å². The van der Waals surface area contributed by atoms with Gasteiger partial charge in [0, 0.05) is 6.54 Å². The third kappa shape index (κ3) is 5.26. The molecule has 1 amide bonds. The highest BCUT2D eigenvalue weighted by atomic mass is 16.6. The first-order chi connectivity index (χ1) is 17.3. The minimum Gasteiger partial charge on any atom is -0.466 e. The lowest BCUT2D eigenvalue weighted by molar-refractivity contribution is -0.149. The maximum atomic E-state index is 12.2. The van der Waals surface area contributed by atoms with Crippen molar-refractivity contribution in [2.45, 2.75) is 51.2 Å². The number of nitrogen functional groups attached to an aromatic ring is 1. The highest BCUT2D eigenvalue weighted by Gasteiger charge is 2.47. The van der Waals surface area contributed by atoms with E-state index in [-0.39, 0.29) is 34.7 Å². The number of rotatable bonds is 6. The number of nitrogens with two attached hydrogens (primary N) is 1. The number of hydrogen-bond acceptors (Lipinski definition) is 11. The molecule has 2 fully saturated rings. The standard InChI is InChI=1S/C23H31N7O6/c1-3-25-21(33)18-16(31)17(32)22(36-18)30-12-26-15-19(24)27-14(28-20(15)30)6-5-9-29-10-7-13(8-11-29)23(34)35-4-2/h12-13,16-18,22,31-32H,3-4,7-11H2,1-2H3,(H,25,33)(H2,24,27,28)/t16-,17?,18+,22-/m1/s1. The molecule has 2 aliphatic heterocycles. The summed E-state index contributed by atoms with van der Waals surface area (Å²) in [5, 5.41) is 23.5. The Bertz CT molecular complexity index is 1170. The number of ether oxygens (including phenoxy) is 2. The van der Waals surface area contributed by atoms with Gasteiger partial charge in [-0.1, -0.05) is 5.92 Å². The highest BCUT2D eigenvalue weighted by molar-refractivity contribution is 5.83. The molecule has 0 aromatic carbocycles. The first-order valence-electron chi connectivity index (χ1n) is 12.0. The zero-order valence-electron chi connectivity index (χ0n) is 20.3. The Morgan fingerprint density at radius 2 is 2.00 bits per heavy atom. The van der Waals surface area contributed by atoms with Gasteiger partial charge in [0.15, 0.2) is 23.8 Å². The van der Waals surface area contributed by atoms with Crippen LogP contribution in [0.1, 0.15) is 38.7 Å². The summed E-state index contributed by atoms with van der Waals surface area (Å²) in [5.41, 5.74) is 6.61. The number of likely N-dealkylation sites (N-methyl/N-ethyl adjacent to an activating group) is 1. The maximum absolute atomic E-state index is 12.2. The van der Waals surface area contributed by atoms with Gasteiger partial charge in [-0.15, -0.1) is 0 Å². The van der Waals surface area contributed by atoms with E-state index in [0.29, 0.717) is 19.7 Å². The molecule has 2 saturated heterocycles. The third-order valence-corrected chi connectivity index (χ3v) is 6.28. The van der Waals surface area contributed by atoms with Crippen molar-refractivity contribution < 1.29 is 29.3 Å². The predicted octanol–water partition coefficient (Wildman–Crippen LogP) is -1.21. The Morgan fingerprint density at radius 3 is 2.69 bits per heavy atom. The second-order valence-corrected chi connectivity index (χ2v) is 8.68. The number of carbonyl (C=O) groups excluding carboxylic acids is 2. The van der Waals surface area contributed by atoms with Crippen molar-refractivity contribution in [3.8, 4) is 11.8 Å². The maximum Gasteiger partial charge on any atom is 0.309 e. The van der Waals surface area contributed by atoms with E-state index in [1.165, 1.54) is 10.9 Å². The summed E-state index contributed by atoms with van der Waals surface area (Å²) in [7, 11) is 0. The normalized spacial score (nSPS) is 24.9. The van der Waals surface area contributed by atoms with Crippen molar-refractivity contribution in [3.05, 3.63) is 12.2 Å². The number of nitrogens with zero attached hydrogens (tertiary/aromatic N) is 5. The molecule has 13 heteroatoms. The Balaban J connectivity index is 1.47. The molecule has 0 saturated carbocycles. The number of carbonyl (C=O) groups is 2. The molecule has 4 heterocycles. The predicted molar refractivity (Wildman–Crippen MR) is 127 cm³/mol. The lowest BCUT2D eigenvalue weighted by Crippen LogP contribution is -2.42. The molecule has 2 aromatic rings. The van der Waals surface area contributed by atoms with E-state index in [4.69, 9.17) is 15.2 Å². The van der Waals surface area contributed by atoms with Crippen LogP contribution >= 0.6 is 0 Å². The lowest BCUT2D eigenvalue weighted by atomic mass is 9.97. The van der Waals surface area contributed by atoms with Crippen LogP contribution in [0.25, 0.3) is 11.2 Å². The molecule has 4 atom stereocenters. The Kier molecular flexibility index (Phi) is 8.00. The largest absolute Gasteiger partial charge is 0.466 e. The minimum atomic E-state index is -1.43. The summed E-state index contributed by atoms with van der Waals surface area (Å²) in [6, 6.07) is 0. The van der Waals surface area contributed by atoms with Crippen LogP contribution in [0.2, 0.25) is 0 Å². The summed E-state index contributed by atoms with van der Waals surface area (Å²) in [5.74, 6) is 5.48. The second kappa shape index (κ2) is 11.2. The van der Waals surface area contributed by atoms with Crippen LogP contribution in [0.5, 0.6) is 0 Å². The van der Waals surface area contributed by atoms with E-state index in [9.17, 15) is 19.8 Å². The van der Waals surface area contributed by atoms with Crippen molar-refractivity contribution in [3.63, 3.8) is 0 Å². The van der Waals surface area contributed by atoms with E-state index >= 15 is 0 Å². The van der Waals surface area contributed by atoms with Gasteiger partial charge in [-0.2, -0.15) is 0 Å². The summed E-state index contributed by atoms with van der Waals surface area (Å²) < 4.78 is 12.2. The Labute approximate surface area is 208 Å². The second-order valence-electron chi connectivity index (χ2n) is 8.68. The number of aromatic nitrogens is 4. The molecule has 4 rings (SSSR count). The summed E-state index contributed by atoms with van der Waals surface area (Å²) >= 11 is 0. The average molecular weight is 502 g/mol. The van der Waals surface area contributed by atoms with E-state index in [1.54, 1.807) is 13.8 Å². The van der Waals surface area contributed by atoms with Gasteiger partial charge in [-0.25, -0.2) is 15.0 Å². The topological polar surface area (TPSA) is 178 Å². The smallest absolute Gasteiger partial charge is 0.309 e. The number of piperidine rings is 1. The molecular formula is C23H31N7O6. The molecule has 36 heavy (non-hydrogen) atoms. The fourth-order valence-electron chi connectivity index (χ4n) is 4.38. The summed E-state index contributed by atoms with van der Waals surface area (Å²) in [6.45, 7) is 6.23. The van der Waals surface area contributed by atoms with Gasteiger partial charge < -0.3 is 30.7 Å². The summed E-state index contributed by atoms with van der Waals surface area (Å²) in [6.07, 6.45) is -2.35. The Morgan fingerprint density at radius 1 is 1.25 bits per heavy atom. The van der Waals surface area contributed by atoms with Crippen LogP contribution in [0.4, 0.5) is 5.82 Å². The number of nitrogens with one attached hydrogen (secondary N) is 1. The third-order valence-electron chi connectivity index (χ3n) is 6.28. The number of aliphatic hydroxyl groups excluding tert-OH is 2. The molecule has 2 aliphatic rings. The monoisotopic (exact) mass is 501 g/mol. The SMILES string of the molecule is CCNC(=O)[C@H]1O[C@@H](n2cnc3c(N)nc(C#CCN4CCC(C(=O)OCC)CC4)nc32)C(O)[C@H]1O. The molecule has 0 aliphatic carbocycles. The van der Waals surface area contributed by atoms with E-state index in [1.807, 2.05) is 0 Å².